The van der Waals surface area contributed by atoms with Crippen LogP contribution in [0.3, 0.4) is 0 Å². The molecule has 5 heteroatoms. The van der Waals surface area contributed by atoms with Crippen LogP contribution in [-0.2, 0) is 0 Å². The Morgan fingerprint density at radius 2 is 2.00 bits per heavy atom. The second-order valence-corrected chi connectivity index (χ2v) is 5.17. The third-order valence-corrected chi connectivity index (χ3v) is 3.30. The predicted molar refractivity (Wildman–Crippen MR) is 79.5 cm³/mol. The zero-order valence-electron chi connectivity index (χ0n) is 12.2. The Kier molecular flexibility index (Phi) is 6.98. The van der Waals surface area contributed by atoms with E-state index in [4.69, 9.17) is 0 Å². The van der Waals surface area contributed by atoms with Gasteiger partial charge >= 0.3 is 0 Å². The number of hydrogen-bond acceptors (Lipinski definition) is 3. The predicted octanol–water partition coefficient (Wildman–Crippen LogP) is 4.89. The number of unbranched alkanes of at least 4 members (excludes halogenated alkanes) is 4. The van der Waals surface area contributed by atoms with Gasteiger partial charge in [-0.25, -0.2) is 4.39 Å². The van der Waals surface area contributed by atoms with Crippen molar-refractivity contribution in [1.82, 2.24) is 0 Å². The van der Waals surface area contributed by atoms with Crippen molar-refractivity contribution >= 4 is 11.4 Å². The number of rotatable bonds is 9. The lowest BCUT2D eigenvalue weighted by Crippen LogP contribution is -2.16. The van der Waals surface area contributed by atoms with Gasteiger partial charge in [0.2, 0.25) is 0 Å². The molecule has 112 valence electrons. The van der Waals surface area contributed by atoms with E-state index in [9.17, 15) is 14.5 Å². The van der Waals surface area contributed by atoms with E-state index in [0.717, 1.165) is 18.9 Å². The normalized spacial score (nSPS) is 12.2. The average Bonchev–Trinajstić information content (AvgIpc) is 2.40. The lowest BCUT2D eigenvalue weighted by Gasteiger charge is -2.15. The van der Waals surface area contributed by atoms with Crippen molar-refractivity contribution in [1.29, 1.82) is 0 Å². The summed E-state index contributed by atoms with van der Waals surface area (Å²) in [7, 11) is 0. The molecular formula is C15H23FN2O2. The molecule has 1 rings (SSSR count). The Hall–Kier alpha value is -1.65. The molecule has 0 saturated carbocycles. The Balaban J connectivity index is 2.46. The van der Waals surface area contributed by atoms with Gasteiger partial charge in [0.1, 0.15) is 5.82 Å². The van der Waals surface area contributed by atoms with Crippen molar-refractivity contribution in [3.63, 3.8) is 0 Å². The summed E-state index contributed by atoms with van der Waals surface area (Å²) in [5.74, 6) is -0.451. The summed E-state index contributed by atoms with van der Waals surface area (Å²) in [6, 6.07) is 3.67. The highest BCUT2D eigenvalue weighted by Crippen LogP contribution is 2.22. The van der Waals surface area contributed by atoms with E-state index in [1.165, 1.54) is 37.8 Å². The average molecular weight is 282 g/mol. The highest BCUT2D eigenvalue weighted by Gasteiger charge is 2.12. The molecule has 0 spiro atoms. The van der Waals surface area contributed by atoms with Crippen LogP contribution in [0.25, 0.3) is 0 Å². The van der Waals surface area contributed by atoms with Crippen LogP contribution in [0.15, 0.2) is 18.2 Å². The zero-order valence-corrected chi connectivity index (χ0v) is 12.2. The molecule has 0 heterocycles. The van der Waals surface area contributed by atoms with Crippen LogP contribution in [0.1, 0.15) is 52.4 Å². The number of nitro benzene ring substituents is 1. The van der Waals surface area contributed by atoms with E-state index in [1.54, 1.807) is 0 Å². The molecule has 4 nitrogen and oxygen atoms in total. The summed E-state index contributed by atoms with van der Waals surface area (Å²) in [6.45, 7) is 4.15. The van der Waals surface area contributed by atoms with Gasteiger partial charge in [-0.05, 0) is 19.4 Å². The number of non-ortho nitro benzene ring substituents is 1. The standard InChI is InChI=1S/C15H23FN2O2/c1-3-4-5-6-7-8-12(2)17-15-11-13(18(19)20)9-10-14(15)16/h9-12,17H,3-8H2,1-2H3. The van der Waals surface area contributed by atoms with Crippen LogP contribution in [0.2, 0.25) is 0 Å². The Morgan fingerprint density at radius 3 is 2.65 bits per heavy atom. The maximum absolute atomic E-state index is 13.6. The van der Waals surface area contributed by atoms with Gasteiger partial charge < -0.3 is 5.32 Å². The first kappa shape index (κ1) is 16.4. The molecule has 1 aromatic rings. The van der Waals surface area contributed by atoms with Gasteiger partial charge in [-0.2, -0.15) is 0 Å². The third-order valence-electron chi connectivity index (χ3n) is 3.30. The second kappa shape index (κ2) is 8.51. The molecule has 0 aliphatic carbocycles. The fraction of sp³-hybridized carbons (Fsp3) is 0.600. The maximum atomic E-state index is 13.6. The summed E-state index contributed by atoms with van der Waals surface area (Å²) >= 11 is 0. The molecule has 1 N–H and O–H groups in total. The largest absolute Gasteiger partial charge is 0.380 e. The van der Waals surface area contributed by atoms with Crippen LogP contribution in [0.4, 0.5) is 15.8 Å². The quantitative estimate of drug-likeness (QED) is 0.398. The molecule has 0 bridgehead atoms. The summed E-state index contributed by atoms with van der Waals surface area (Å²) in [5, 5.41) is 13.7. The number of nitrogens with zero attached hydrogens (tertiary/aromatic N) is 1. The number of anilines is 1. The number of benzene rings is 1. The fourth-order valence-electron chi connectivity index (χ4n) is 2.13. The molecule has 0 fully saturated rings. The summed E-state index contributed by atoms with van der Waals surface area (Å²) in [4.78, 5) is 10.2. The molecule has 0 aromatic heterocycles. The number of halogens is 1. The smallest absolute Gasteiger partial charge is 0.271 e. The third kappa shape index (κ3) is 5.55. The van der Waals surface area contributed by atoms with E-state index in [2.05, 4.69) is 12.2 Å². The van der Waals surface area contributed by atoms with E-state index in [0.29, 0.717) is 0 Å². The Bertz CT molecular complexity index is 438. The first-order valence-electron chi connectivity index (χ1n) is 7.25. The van der Waals surface area contributed by atoms with Crippen molar-refractivity contribution in [3.8, 4) is 0 Å². The summed E-state index contributed by atoms with van der Waals surface area (Å²) < 4.78 is 13.6. The Labute approximate surface area is 119 Å². The highest BCUT2D eigenvalue weighted by molar-refractivity contribution is 5.52. The second-order valence-electron chi connectivity index (χ2n) is 5.17. The van der Waals surface area contributed by atoms with Crippen molar-refractivity contribution in [2.75, 3.05) is 5.32 Å². The molecule has 0 radical (unpaired) electrons. The minimum absolute atomic E-state index is 0.0935. The fourth-order valence-corrected chi connectivity index (χ4v) is 2.13. The minimum atomic E-state index is -0.514. The van der Waals surface area contributed by atoms with E-state index in [1.807, 2.05) is 6.92 Å². The summed E-state index contributed by atoms with van der Waals surface area (Å²) in [6.07, 6.45) is 6.90. The van der Waals surface area contributed by atoms with Crippen molar-refractivity contribution in [3.05, 3.63) is 34.1 Å². The number of hydrogen-bond donors (Lipinski definition) is 1. The molecule has 1 atom stereocenters. The molecule has 20 heavy (non-hydrogen) atoms. The highest BCUT2D eigenvalue weighted by atomic mass is 19.1. The SMILES string of the molecule is CCCCCCCC(C)Nc1cc([N+](=O)[O-])ccc1F. The van der Waals surface area contributed by atoms with Crippen molar-refractivity contribution in [2.24, 2.45) is 0 Å². The van der Waals surface area contributed by atoms with Crippen LogP contribution in [0.5, 0.6) is 0 Å². The maximum Gasteiger partial charge on any atom is 0.271 e. The van der Waals surface area contributed by atoms with Crippen LogP contribution < -0.4 is 5.32 Å². The first-order valence-corrected chi connectivity index (χ1v) is 7.25. The lowest BCUT2D eigenvalue weighted by molar-refractivity contribution is -0.384. The molecule has 1 aromatic carbocycles. The van der Waals surface area contributed by atoms with E-state index in [-0.39, 0.29) is 17.4 Å². The van der Waals surface area contributed by atoms with Crippen LogP contribution in [-0.4, -0.2) is 11.0 Å². The topological polar surface area (TPSA) is 55.2 Å². The molecule has 0 aliphatic rings. The van der Waals surface area contributed by atoms with Gasteiger partial charge in [0, 0.05) is 18.2 Å². The monoisotopic (exact) mass is 282 g/mol. The van der Waals surface area contributed by atoms with Crippen molar-refractivity contribution in [2.45, 2.75) is 58.4 Å². The van der Waals surface area contributed by atoms with Gasteiger partial charge in [-0.1, -0.05) is 39.0 Å². The molecule has 0 aliphatic heterocycles. The molecular weight excluding hydrogens is 259 g/mol. The Morgan fingerprint density at radius 1 is 1.30 bits per heavy atom. The van der Waals surface area contributed by atoms with E-state index < -0.39 is 10.7 Å². The van der Waals surface area contributed by atoms with Gasteiger partial charge in [0.05, 0.1) is 10.6 Å². The van der Waals surface area contributed by atoms with Gasteiger partial charge in [-0.15, -0.1) is 0 Å². The number of nitro groups is 1. The van der Waals surface area contributed by atoms with Crippen molar-refractivity contribution < 1.29 is 9.31 Å². The van der Waals surface area contributed by atoms with Gasteiger partial charge in [0.25, 0.3) is 5.69 Å². The van der Waals surface area contributed by atoms with E-state index >= 15 is 0 Å². The minimum Gasteiger partial charge on any atom is -0.380 e. The zero-order chi connectivity index (χ0) is 15.0. The van der Waals surface area contributed by atoms with Crippen LogP contribution in [0, 0.1) is 15.9 Å². The first-order chi connectivity index (χ1) is 9.54. The van der Waals surface area contributed by atoms with Gasteiger partial charge in [0.15, 0.2) is 0 Å². The van der Waals surface area contributed by atoms with Gasteiger partial charge in [-0.3, -0.25) is 10.1 Å². The molecule has 0 saturated heterocycles. The molecule has 1 unspecified atom stereocenters. The lowest BCUT2D eigenvalue weighted by atomic mass is 10.1. The number of nitrogens with one attached hydrogen (secondary N) is 1. The van der Waals surface area contributed by atoms with Crippen LogP contribution >= 0.6 is 0 Å². The molecule has 0 amide bonds. The summed E-state index contributed by atoms with van der Waals surface area (Å²) in [5.41, 5.74) is 0.115.